The minimum absolute atomic E-state index is 0.111. The van der Waals surface area contributed by atoms with Gasteiger partial charge in [-0.15, -0.1) is 0 Å². The molecule has 0 saturated heterocycles. The van der Waals surface area contributed by atoms with Crippen LogP contribution in [-0.2, 0) is 28.6 Å². The Morgan fingerprint density at radius 2 is 0.656 bits per heavy atom. The van der Waals surface area contributed by atoms with E-state index in [0.29, 0.717) is 19.3 Å². The molecule has 0 amide bonds. The monoisotopic (exact) mass is 843 g/mol. The van der Waals surface area contributed by atoms with Crippen LogP contribution in [0.2, 0.25) is 0 Å². The molecule has 1 unspecified atom stereocenters. The summed E-state index contributed by atoms with van der Waals surface area (Å²) in [6.07, 6.45) is 66.4. The first kappa shape index (κ1) is 56.8. The van der Waals surface area contributed by atoms with Gasteiger partial charge < -0.3 is 14.2 Å². The molecule has 6 heteroatoms. The van der Waals surface area contributed by atoms with Crippen molar-refractivity contribution in [2.24, 2.45) is 0 Å². The van der Waals surface area contributed by atoms with Crippen molar-refractivity contribution in [1.82, 2.24) is 0 Å². The average molecular weight is 843 g/mol. The smallest absolute Gasteiger partial charge is 0.306 e. The summed E-state index contributed by atoms with van der Waals surface area (Å²) in [6.45, 7) is 6.26. The first-order chi connectivity index (χ1) is 30.0. The Bertz CT molecular complexity index is 1340. The van der Waals surface area contributed by atoms with Gasteiger partial charge in [0.25, 0.3) is 0 Å². The Hall–Kier alpha value is -4.19. The van der Waals surface area contributed by atoms with Crippen LogP contribution >= 0.6 is 0 Å². The Labute approximate surface area is 373 Å². The van der Waals surface area contributed by atoms with Crippen LogP contribution in [0, 0.1) is 0 Å². The molecular formula is C55H86O6. The number of rotatable bonds is 41. The number of carbonyl (C=O) groups excluding carboxylic acids is 3. The van der Waals surface area contributed by atoms with Crippen LogP contribution in [0.1, 0.15) is 188 Å². The molecule has 1 atom stereocenters. The fourth-order valence-corrected chi connectivity index (χ4v) is 5.91. The normalized spacial score (nSPS) is 13.2. The van der Waals surface area contributed by atoms with E-state index >= 15 is 0 Å². The maximum Gasteiger partial charge on any atom is 0.306 e. The molecule has 0 heterocycles. The van der Waals surface area contributed by atoms with Gasteiger partial charge in [0.2, 0.25) is 0 Å². The third-order valence-electron chi connectivity index (χ3n) is 9.46. The van der Waals surface area contributed by atoms with Crippen LogP contribution < -0.4 is 0 Å². The summed E-state index contributed by atoms with van der Waals surface area (Å²) in [5, 5.41) is 0. The molecule has 0 aromatic heterocycles. The number of esters is 3. The van der Waals surface area contributed by atoms with Gasteiger partial charge in [0.1, 0.15) is 13.2 Å². The van der Waals surface area contributed by atoms with Crippen LogP contribution in [0.3, 0.4) is 0 Å². The van der Waals surface area contributed by atoms with Crippen LogP contribution in [0.5, 0.6) is 0 Å². The molecular weight excluding hydrogens is 757 g/mol. The van der Waals surface area contributed by atoms with Gasteiger partial charge >= 0.3 is 17.9 Å². The lowest BCUT2D eigenvalue weighted by molar-refractivity contribution is -0.167. The SMILES string of the molecule is CC/C=C\C/C=C\C/C=C\C/C=C\C/C=C\C/C=C\C/C=C\CCCC(=O)OCC(COC(=O)CCCCCCCCC)OC(=O)CCCCC/C=C\C/C=C\C/C=C\CC. The number of ether oxygens (including phenoxy) is 3. The van der Waals surface area contributed by atoms with Crippen LogP contribution in [0.25, 0.3) is 0 Å². The highest BCUT2D eigenvalue weighted by Gasteiger charge is 2.19. The van der Waals surface area contributed by atoms with Crippen molar-refractivity contribution in [2.75, 3.05) is 13.2 Å². The van der Waals surface area contributed by atoms with Crippen molar-refractivity contribution >= 4 is 17.9 Å². The molecule has 0 bridgehead atoms. The Kier molecular flexibility index (Phi) is 45.1. The molecule has 0 aromatic carbocycles. The summed E-state index contributed by atoms with van der Waals surface area (Å²) in [4.78, 5) is 37.7. The highest BCUT2D eigenvalue weighted by Crippen LogP contribution is 2.11. The van der Waals surface area contributed by atoms with E-state index in [4.69, 9.17) is 14.2 Å². The van der Waals surface area contributed by atoms with E-state index in [9.17, 15) is 14.4 Å². The van der Waals surface area contributed by atoms with Gasteiger partial charge in [0.05, 0.1) is 0 Å². The summed E-state index contributed by atoms with van der Waals surface area (Å²) in [6, 6.07) is 0. The summed E-state index contributed by atoms with van der Waals surface area (Å²) in [5.41, 5.74) is 0. The van der Waals surface area contributed by atoms with Gasteiger partial charge in [-0.25, -0.2) is 0 Å². The predicted molar refractivity (Wildman–Crippen MR) is 260 cm³/mol. The van der Waals surface area contributed by atoms with Gasteiger partial charge in [-0.1, -0.05) is 187 Å². The predicted octanol–water partition coefficient (Wildman–Crippen LogP) is 15.7. The van der Waals surface area contributed by atoms with Gasteiger partial charge in [-0.2, -0.15) is 0 Å². The topological polar surface area (TPSA) is 78.9 Å². The molecule has 0 aliphatic carbocycles. The molecule has 0 aromatic rings. The van der Waals surface area contributed by atoms with Gasteiger partial charge in [-0.3, -0.25) is 14.4 Å². The lowest BCUT2D eigenvalue weighted by Gasteiger charge is -2.18. The third-order valence-corrected chi connectivity index (χ3v) is 9.46. The van der Waals surface area contributed by atoms with E-state index in [1.165, 1.54) is 25.7 Å². The zero-order valence-corrected chi connectivity index (χ0v) is 38.9. The largest absolute Gasteiger partial charge is 0.462 e. The molecule has 0 fully saturated rings. The van der Waals surface area contributed by atoms with Crippen LogP contribution in [0.4, 0.5) is 0 Å². The highest BCUT2D eigenvalue weighted by molar-refractivity contribution is 5.71. The zero-order chi connectivity index (χ0) is 44.4. The van der Waals surface area contributed by atoms with E-state index < -0.39 is 6.10 Å². The lowest BCUT2D eigenvalue weighted by Crippen LogP contribution is -2.30. The second-order valence-corrected chi connectivity index (χ2v) is 15.3. The molecule has 0 N–H and O–H groups in total. The van der Waals surface area contributed by atoms with Crippen molar-refractivity contribution in [3.63, 3.8) is 0 Å². The quantitative estimate of drug-likeness (QED) is 0.0264. The highest BCUT2D eigenvalue weighted by atomic mass is 16.6. The van der Waals surface area contributed by atoms with Gasteiger partial charge in [0, 0.05) is 19.3 Å². The zero-order valence-electron chi connectivity index (χ0n) is 38.9. The van der Waals surface area contributed by atoms with Crippen LogP contribution in [-0.4, -0.2) is 37.2 Å². The number of carbonyl (C=O) groups is 3. The summed E-state index contributed by atoms with van der Waals surface area (Å²) >= 11 is 0. The number of allylic oxidation sites excluding steroid dienone is 20. The van der Waals surface area contributed by atoms with E-state index in [2.05, 4.69) is 142 Å². The average Bonchev–Trinajstić information content (AvgIpc) is 3.26. The van der Waals surface area contributed by atoms with Crippen molar-refractivity contribution in [2.45, 2.75) is 194 Å². The summed E-state index contributed by atoms with van der Waals surface area (Å²) < 4.78 is 16.6. The molecule has 6 nitrogen and oxygen atoms in total. The molecule has 61 heavy (non-hydrogen) atoms. The third kappa shape index (κ3) is 46.7. The maximum atomic E-state index is 12.7. The van der Waals surface area contributed by atoms with E-state index in [0.717, 1.165) is 109 Å². The maximum absolute atomic E-state index is 12.7. The molecule has 0 aliphatic heterocycles. The molecule has 0 saturated carbocycles. The number of hydrogen-bond donors (Lipinski definition) is 0. The summed E-state index contributed by atoms with van der Waals surface area (Å²) in [5.74, 6) is -1.02. The molecule has 0 aliphatic rings. The second kappa shape index (κ2) is 48.5. The molecule has 342 valence electrons. The van der Waals surface area contributed by atoms with Crippen molar-refractivity contribution in [3.8, 4) is 0 Å². The minimum Gasteiger partial charge on any atom is -0.462 e. The van der Waals surface area contributed by atoms with Crippen molar-refractivity contribution < 1.29 is 28.6 Å². The fourth-order valence-electron chi connectivity index (χ4n) is 5.91. The first-order valence-corrected chi connectivity index (χ1v) is 24.0. The molecule has 0 spiro atoms. The number of unbranched alkanes of at least 4 members (excludes halogenated alkanes) is 10. The summed E-state index contributed by atoms with van der Waals surface area (Å²) in [7, 11) is 0. The van der Waals surface area contributed by atoms with Crippen molar-refractivity contribution in [1.29, 1.82) is 0 Å². The van der Waals surface area contributed by atoms with Gasteiger partial charge in [0.15, 0.2) is 6.10 Å². The Morgan fingerprint density at radius 3 is 1.07 bits per heavy atom. The molecule has 0 radical (unpaired) electrons. The Morgan fingerprint density at radius 1 is 0.344 bits per heavy atom. The van der Waals surface area contributed by atoms with Crippen molar-refractivity contribution in [3.05, 3.63) is 122 Å². The standard InChI is InChI=1S/C55H86O6/c1-4-7-10-13-16-18-20-22-23-24-25-26-27-28-29-30-31-33-34-36-39-42-45-48-54(57)60-51-52(50-59-53(56)47-44-41-38-15-12-9-6-3)61-55(58)49-46-43-40-37-35-32-21-19-17-14-11-8-5-2/h7-8,10-11,16-19,22-23,25-26,28-29,31-33,35-36,39,52H,4-6,9,12-15,20-21,24,27,30,34,37-38,40-51H2,1-3H3/b10-7-,11-8-,18-16-,19-17-,23-22-,26-25-,29-28-,33-31-,35-32-,39-36-. The lowest BCUT2D eigenvalue weighted by atomic mass is 10.1. The van der Waals surface area contributed by atoms with E-state index in [-0.39, 0.29) is 44.0 Å². The molecule has 0 rings (SSSR count). The first-order valence-electron chi connectivity index (χ1n) is 24.0. The fraction of sp³-hybridized carbons (Fsp3) is 0.582. The number of hydrogen-bond acceptors (Lipinski definition) is 6. The van der Waals surface area contributed by atoms with E-state index in [1.807, 2.05) is 0 Å². The second-order valence-electron chi connectivity index (χ2n) is 15.3. The van der Waals surface area contributed by atoms with Gasteiger partial charge in [-0.05, 0) is 103 Å². The van der Waals surface area contributed by atoms with E-state index in [1.54, 1.807) is 0 Å². The minimum atomic E-state index is -0.816. The van der Waals surface area contributed by atoms with Crippen LogP contribution in [0.15, 0.2) is 122 Å². The Balaban J connectivity index is 4.42.